The molecule has 0 atom stereocenters. The van der Waals surface area contributed by atoms with E-state index in [9.17, 15) is 18.0 Å². The van der Waals surface area contributed by atoms with Crippen molar-refractivity contribution in [2.45, 2.75) is 6.18 Å². The largest absolute Gasteiger partial charge is 0.465 e. The Morgan fingerprint density at radius 3 is 2.46 bits per heavy atom. The molecule has 0 fully saturated rings. The summed E-state index contributed by atoms with van der Waals surface area (Å²) in [5.41, 5.74) is -0.166. The molecular formula is C17H11F3N2O2. The molecule has 0 spiro atoms. The van der Waals surface area contributed by atoms with Crippen molar-refractivity contribution in [3.8, 4) is 0 Å². The molecule has 0 amide bonds. The summed E-state index contributed by atoms with van der Waals surface area (Å²) in [6.45, 7) is 0. The average molecular weight is 332 g/mol. The van der Waals surface area contributed by atoms with Gasteiger partial charge in [-0.2, -0.15) is 18.3 Å². The molecule has 3 rings (SSSR count). The maximum Gasteiger partial charge on any atom is 0.416 e. The van der Waals surface area contributed by atoms with Crippen LogP contribution in [-0.4, -0.2) is 15.7 Å². The zero-order valence-corrected chi connectivity index (χ0v) is 12.2. The molecule has 0 saturated carbocycles. The summed E-state index contributed by atoms with van der Waals surface area (Å²) in [6, 6.07) is 9.12. The minimum absolute atomic E-state index is 0.118. The lowest BCUT2D eigenvalue weighted by molar-refractivity contribution is -0.137. The van der Waals surface area contributed by atoms with Crippen molar-refractivity contribution < 1.29 is 22.4 Å². The van der Waals surface area contributed by atoms with Gasteiger partial charge in [0.2, 0.25) is 0 Å². The van der Waals surface area contributed by atoms with Gasteiger partial charge < -0.3 is 4.42 Å². The lowest BCUT2D eigenvalue weighted by Gasteiger charge is -2.07. The van der Waals surface area contributed by atoms with E-state index in [0.717, 1.165) is 28.9 Å². The van der Waals surface area contributed by atoms with Crippen molar-refractivity contribution in [2.75, 3.05) is 0 Å². The lowest BCUT2D eigenvalue weighted by Crippen LogP contribution is -2.13. The van der Waals surface area contributed by atoms with Gasteiger partial charge in [0.15, 0.2) is 0 Å². The number of rotatable bonds is 3. The SMILES string of the molecule is O=C(c1ccc(C(F)(F)F)cc1)n1ccc(/C=C/c2ccco2)n1. The Morgan fingerprint density at radius 1 is 1.08 bits per heavy atom. The number of carbonyl (C=O) groups excluding carboxylic acids is 1. The summed E-state index contributed by atoms with van der Waals surface area (Å²) in [7, 11) is 0. The smallest absolute Gasteiger partial charge is 0.416 e. The topological polar surface area (TPSA) is 48.0 Å². The molecule has 0 N–H and O–H groups in total. The van der Waals surface area contributed by atoms with Gasteiger partial charge in [0.1, 0.15) is 5.76 Å². The van der Waals surface area contributed by atoms with Gasteiger partial charge in [-0.25, -0.2) is 4.68 Å². The van der Waals surface area contributed by atoms with Gasteiger partial charge in [0.05, 0.1) is 17.5 Å². The van der Waals surface area contributed by atoms with Crippen molar-refractivity contribution in [3.05, 3.63) is 77.5 Å². The van der Waals surface area contributed by atoms with E-state index >= 15 is 0 Å². The van der Waals surface area contributed by atoms with Crippen molar-refractivity contribution in [1.82, 2.24) is 9.78 Å². The van der Waals surface area contributed by atoms with Gasteiger partial charge in [0.25, 0.3) is 5.91 Å². The quantitative estimate of drug-likeness (QED) is 0.716. The molecule has 0 aliphatic carbocycles. The Morgan fingerprint density at radius 2 is 1.83 bits per heavy atom. The first kappa shape index (κ1) is 15.8. The summed E-state index contributed by atoms with van der Waals surface area (Å²) in [6.07, 6.45) is 1.90. The first-order chi connectivity index (χ1) is 11.4. The van der Waals surface area contributed by atoms with Crippen LogP contribution in [0, 0.1) is 0 Å². The molecule has 0 aliphatic heterocycles. The molecular weight excluding hydrogens is 321 g/mol. The molecule has 122 valence electrons. The highest BCUT2D eigenvalue weighted by molar-refractivity contribution is 5.95. The maximum absolute atomic E-state index is 12.5. The van der Waals surface area contributed by atoms with Crippen LogP contribution in [0.1, 0.15) is 27.4 Å². The molecule has 0 aliphatic rings. The van der Waals surface area contributed by atoms with E-state index in [4.69, 9.17) is 4.42 Å². The number of benzene rings is 1. The van der Waals surface area contributed by atoms with Crippen molar-refractivity contribution >= 4 is 18.1 Å². The third-order valence-electron chi connectivity index (χ3n) is 3.24. The number of hydrogen-bond donors (Lipinski definition) is 0. The van der Waals surface area contributed by atoms with E-state index in [2.05, 4.69) is 5.10 Å². The molecule has 7 heteroatoms. The normalized spacial score (nSPS) is 12.0. The number of alkyl halides is 3. The predicted molar refractivity (Wildman–Crippen MR) is 81.0 cm³/mol. The van der Waals surface area contributed by atoms with Crippen molar-refractivity contribution in [3.63, 3.8) is 0 Å². The van der Waals surface area contributed by atoms with E-state index in [0.29, 0.717) is 11.5 Å². The summed E-state index contributed by atoms with van der Waals surface area (Å²) < 4.78 is 43.8. The van der Waals surface area contributed by atoms with Gasteiger partial charge >= 0.3 is 6.18 Å². The van der Waals surface area contributed by atoms with Crippen LogP contribution in [0.5, 0.6) is 0 Å². The fourth-order valence-corrected chi connectivity index (χ4v) is 2.03. The highest BCUT2D eigenvalue weighted by atomic mass is 19.4. The molecule has 0 radical (unpaired) electrons. The molecule has 2 heterocycles. The van der Waals surface area contributed by atoms with Gasteiger partial charge in [-0.05, 0) is 54.6 Å². The van der Waals surface area contributed by atoms with E-state index < -0.39 is 17.6 Å². The highest BCUT2D eigenvalue weighted by Gasteiger charge is 2.30. The Balaban J connectivity index is 1.76. The minimum atomic E-state index is -4.43. The first-order valence-corrected chi connectivity index (χ1v) is 6.93. The standard InChI is InChI=1S/C17H11F3N2O2/c18-17(19,20)13-5-3-12(4-6-13)16(23)22-10-9-14(21-22)7-8-15-2-1-11-24-15/h1-11H/b8-7+. The summed E-state index contributed by atoms with van der Waals surface area (Å²) in [5, 5.41) is 4.07. The second-order valence-electron chi connectivity index (χ2n) is 4.91. The summed E-state index contributed by atoms with van der Waals surface area (Å²) in [4.78, 5) is 12.2. The molecule has 2 aromatic heterocycles. The van der Waals surface area contributed by atoms with E-state index in [1.165, 1.54) is 12.5 Å². The van der Waals surface area contributed by atoms with Crippen LogP contribution in [0.2, 0.25) is 0 Å². The van der Waals surface area contributed by atoms with Gasteiger partial charge in [-0.15, -0.1) is 0 Å². The van der Waals surface area contributed by atoms with Crippen LogP contribution in [0.3, 0.4) is 0 Å². The molecule has 0 saturated heterocycles. The molecule has 0 unspecified atom stereocenters. The average Bonchev–Trinajstić information content (AvgIpc) is 3.23. The number of carbonyl (C=O) groups is 1. The zero-order chi connectivity index (χ0) is 17.2. The monoisotopic (exact) mass is 332 g/mol. The number of furan rings is 1. The Hall–Kier alpha value is -3.09. The third kappa shape index (κ3) is 3.45. The summed E-state index contributed by atoms with van der Waals surface area (Å²) >= 11 is 0. The molecule has 4 nitrogen and oxygen atoms in total. The van der Waals surface area contributed by atoms with Crippen molar-refractivity contribution in [1.29, 1.82) is 0 Å². The fourth-order valence-electron chi connectivity index (χ4n) is 2.03. The second-order valence-corrected chi connectivity index (χ2v) is 4.91. The van der Waals surface area contributed by atoms with E-state index in [1.54, 1.807) is 30.4 Å². The fraction of sp³-hybridized carbons (Fsp3) is 0.0588. The number of halogens is 3. The highest BCUT2D eigenvalue weighted by Crippen LogP contribution is 2.29. The third-order valence-corrected chi connectivity index (χ3v) is 3.24. The maximum atomic E-state index is 12.5. The molecule has 1 aromatic carbocycles. The van der Waals surface area contributed by atoms with Crippen LogP contribution >= 0.6 is 0 Å². The van der Waals surface area contributed by atoms with Crippen LogP contribution < -0.4 is 0 Å². The number of aromatic nitrogens is 2. The Labute approximate surface area is 134 Å². The first-order valence-electron chi connectivity index (χ1n) is 6.93. The number of nitrogens with zero attached hydrogens (tertiary/aromatic N) is 2. The van der Waals surface area contributed by atoms with E-state index in [1.807, 2.05) is 0 Å². The summed E-state index contributed by atoms with van der Waals surface area (Å²) in [5.74, 6) is 0.125. The Bertz CT molecular complexity index is 860. The van der Waals surface area contributed by atoms with Gasteiger partial charge in [0, 0.05) is 11.8 Å². The molecule has 0 bridgehead atoms. The van der Waals surface area contributed by atoms with E-state index in [-0.39, 0.29) is 5.56 Å². The van der Waals surface area contributed by atoms with Gasteiger partial charge in [-0.3, -0.25) is 4.79 Å². The van der Waals surface area contributed by atoms with Crippen LogP contribution in [0.15, 0.2) is 59.3 Å². The van der Waals surface area contributed by atoms with Crippen molar-refractivity contribution in [2.24, 2.45) is 0 Å². The van der Waals surface area contributed by atoms with Crippen LogP contribution in [0.25, 0.3) is 12.2 Å². The van der Waals surface area contributed by atoms with Crippen LogP contribution in [0.4, 0.5) is 13.2 Å². The molecule has 24 heavy (non-hydrogen) atoms. The lowest BCUT2D eigenvalue weighted by atomic mass is 10.1. The molecule has 3 aromatic rings. The minimum Gasteiger partial charge on any atom is -0.465 e. The Kier molecular flexibility index (Phi) is 4.07. The van der Waals surface area contributed by atoms with Gasteiger partial charge in [-0.1, -0.05) is 0 Å². The predicted octanol–water partition coefficient (Wildman–Crippen LogP) is 4.35. The zero-order valence-electron chi connectivity index (χ0n) is 12.2. The number of hydrogen-bond acceptors (Lipinski definition) is 3. The second kappa shape index (κ2) is 6.19. The van der Waals surface area contributed by atoms with Crippen LogP contribution in [-0.2, 0) is 6.18 Å².